The number of halogens is 2. The highest BCUT2D eigenvalue weighted by atomic mass is 35.5. The molecule has 0 aliphatic carbocycles. The third-order valence-corrected chi connectivity index (χ3v) is 1.90. The average molecular weight is 215 g/mol. The molecule has 0 bridgehead atoms. The van der Waals surface area contributed by atoms with E-state index in [2.05, 4.69) is 4.99 Å². The fraction of sp³-hybridized carbons (Fsp3) is 0.300. The summed E-state index contributed by atoms with van der Waals surface area (Å²) < 4.78 is 12.8. The summed E-state index contributed by atoms with van der Waals surface area (Å²) in [6.07, 6.45) is 0. The molecule has 0 saturated heterocycles. The molecule has 0 radical (unpaired) electrons. The average Bonchev–Trinajstić information content (AvgIpc) is 2.08. The Bertz CT molecular complexity index is 361. The summed E-state index contributed by atoms with van der Waals surface area (Å²) in [5.41, 5.74) is 6.33. The van der Waals surface area contributed by atoms with Crippen molar-refractivity contribution in [1.29, 1.82) is 0 Å². The van der Waals surface area contributed by atoms with Crippen LogP contribution in [0.5, 0.6) is 0 Å². The highest BCUT2D eigenvalue weighted by Crippen LogP contribution is 2.15. The molecule has 2 N–H and O–H groups in total. The van der Waals surface area contributed by atoms with Crippen LogP contribution in [0.25, 0.3) is 0 Å². The number of nitrogens with zero attached hydrogens (tertiary/aromatic N) is 1. The highest BCUT2D eigenvalue weighted by Gasteiger charge is 2.04. The van der Waals surface area contributed by atoms with Gasteiger partial charge in [0.05, 0.1) is 5.02 Å². The summed E-state index contributed by atoms with van der Waals surface area (Å²) in [4.78, 5) is 4.13. The molecule has 1 aromatic rings. The molecule has 2 nitrogen and oxygen atoms in total. The first-order valence-electron chi connectivity index (χ1n) is 4.29. The van der Waals surface area contributed by atoms with Crippen molar-refractivity contribution in [1.82, 2.24) is 0 Å². The van der Waals surface area contributed by atoms with Gasteiger partial charge in [0, 0.05) is 11.6 Å². The molecule has 1 aromatic carbocycles. The molecule has 0 amide bonds. The summed E-state index contributed by atoms with van der Waals surface area (Å²) in [7, 11) is 0. The van der Waals surface area contributed by atoms with E-state index in [0.29, 0.717) is 11.4 Å². The minimum atomic E-state index is -0.451. The SMILES string of the molecule is CC(C)N=C(N)c1ccc(F)c(Cl)c1. The van der Waals surface area contributed by atoms with E-state index in [9.17, 15) is 4.39 Å². The number of hydrogen-bond acceptors (Lipinski definition) is 1. The molecule has 0 saturated carbocycles. The Morgan fingerprint density at radius 3 is 2.64 bits per heavy atom. The highest BCUT2D eigenvalue weighted by molar-refractivity contribution is 6.31. The second kappa shape index (κ2) is 4.42. The lowest BCUT2D eigenvalue weighted by Crippen LogP contribution is -2.15. The Hall–Kier alpha value is -1.09. The maximum absolute atomic E-state index is 12.8. The van der Waals surface area contributed by atoms with Crippen molar-refractivity contribution in [2.45, 2.75) is 19.9 Å². The first-order chi connectivity index (χ1) is 6.50. The van der Waals surface area contributed by atoms with Crippen LogP contribution in [0.3, 0.4) is 0 Å². The molecule has 0 heterocycles. The molecule has 14 heavy (non-hydrogen) atoms. The van der Waals surface area contributed by atoms with E-state index in [4.69, 9.17) is 17.3 Å². The number of hydrogen-bond donors (Lipinski definition) is 1. The molecule has 0 aliphatic rings. The van der Waals surface area contributed by atoms with Gasteiger partial charge < -0.3 is 5.73 Å². The standard InChI is InChI=1S/C10H12ClFN2/c1-6(2)14-10(13)7-3-4-9(12)8(11)5-7/h3-6H,1-2H3,(H2,13,14). The molecule has 0 spiro atoms. The van der Waals surface area contributed by atoms with E-state index >= 15 is 0 Å². The Kier molecular flexibility index (Phi) is 3.47. The first-order valence-corrected chi connectivity index (χ1v) is 4.67. The van der Waals surface area contributed by atoms with Gasteiger partial charge in [-0.05, 0) is 32.0 Å². The summed E-state index contributed by atoms with van der Waals surface area (Å²) in [6.45, 7) is 3.83. The molecule has 0 unspecified atom stereocenters. The molecular weight excluding hydrogens is 203 g/mol. The second-order valence-corrected chi connectivity index (χ2v) is 3.64. The fourth-order valence-electron chi connectivity index (χ4n) is 1.01. The Balaban J connectivity index is 3.03. The van der Waals surface area contributed by atoms with Crippen LogP contribution in [0.15, 0.2) is 23.2 Å². The van der Waals surface area contributed by atoms with Crippen LogP contribution in [0.4, 0.5) is 4.39 Å². The largest absolute Gasteiger partial charge is 0.383 e. The van der Waals surface area contributed by atoms with Gasteiger partial charge in [-0.3, -0.25) is 4.99 Å². The lowest BCUT2D eigenvalue weighted by Gasteiger charge is -2.04. The second-order valence-electron chi connectivity index (χ2n) is 3.24. The first kappa shape index (κ1) is 11.0. The van der Waals surface area contributed by atoms with Crippen LogP contribution in [0, 0.1) is 5.82 Å². The molecule has 0 fully saturated rings. The molecule has 76 valence electrons. The zero-order valence-electron chi connectivity index (χ0n) is 8.09. The van der Waals surface area contributed by atoms with Crippen molar-refractivity contribution in [2.75, 3.05) is 0 Å². The zero-order chi connectivity index (χ0) is 10.7. The Morgan fingerprint density at radius 1 is 1.50 bits per heavy atom. The van der Waals surface area contributed by atoms with Gasteiger partial charge in [0.2, 0.25) is 0 Å². The molecule has 0 aromatic heterocycles. The molecule has 1 rings (SSSR count). The van der Waals surface area contributed by atoms with Crippen molar-refractivity contribution in [3.63, 3.8) is 0 Å². The molecular formula is C10H12ClFN2. The van der Waals surface area contributed by atoms with Crippen molar-refractivity contribution < 1.29 is 4.39 Å². The van der Waals surface area contributed by atoms with Crippen LogP contribution in [-0.2, 0) is 0 Å². The number of aliphatic imine (C=N–C) groups is 1. The van der Waals surface area contributed by atoms with E-state index < -0.39 is 5.82 Å². The van der Waals surface area contributed by atoms with Crippen LogP contribution in [0.1, 0.15) is 19.4 Å². The third kappa shape index (κ3) is 2.70. The summed E-state index contributed by atoms with van der Waals surface area (Å²) in [5, 5.41) is 0.0596. The monoisotopic (exact) mass is 214 g/mol. The minimum Gasteiger partial charge on any atom is -0.383 e. The predicted molar refractivity (Wildman–Crippen MR) is 57.3 cm³/mol. The van der Waals surface area contributed by atoms with Gasteiger partial charge in [-0.1, -0.05) is 11.6 Å². The van der Waals surface area contributed by atoms with Gasteiger partial charge >= 0.3 is 0 Å². The summed E-state index contributed by atoms with van der Waals surface area (Å²) in [5.74, 6) is -0.0744. The zero-order valence-corrected chi connectivity index (χ0v) is 8.85. The molecule has 0 aliphatic heterocycles. The van der Waals surface area contributed by atoms with Crippen molar-refractivity contribution in [3.05, 3.63) is 34.6 Å². The van der Waals surface area contributed by atoms with Crippen LogP contribution < -0.4 is 5.73 Å². The van der Waals surface area contributed by atoms with Crippen LogP contribution >= 0.6 is 11.6 Å². The minimum absolute atomic E-state index is 0.0596. The summed E-state index contributed by atoms with van der Waals surface area (Å²) in [6, 6.07) is 4.42. The quantitative estimate of drug-likeness (QED) is 0.597. The molecule has 4 heteroatoms. The van der Waals surface area contributed by atoms with Gasteiger partial charge in [0.15, 0.2) is 0 Å². The lowest BCUT2D eigenvalue weighted by atomic mass is 10.2. The maximum atomic E-state index is 12.8. The third-order valence-electron chi connectivity index (χ3n) is 1.61. The van der Waals surface area contributed by atoms with E-state index in [0.717, 1.165) is 0 Å². The fourth-order valence-corrected chi connectivity index (χ4v) is 1.19. The van der Waals surface area contributed by atoms with Crippen molar-refractivity contribution in [2.24, 2.45) is 10.7 Å². The molecule has 0 atom stereocenters. The van der Waals surface area contributed by atoms with Gasteiger partial charge in [-0.25, -0.2) is 4.39 Å². The van der Waals surface area contributed by atoms with E-state index in [1.54, 1.807) is 6.07 Å². The van der Waals surface area contributed by atoms with Crippen LogP contribution in [0.2, 0.25) is 5.02 Å². The smallest absolute Gasteiger partial charge is 0.141 e. The normalized spacial score (nSPS) is 12.2. The summed E-state index contributed by atoms with van der Waals surface area (Å²) >= 11 is 5.61. The van der Waals surface area contributed by atoms with Crippen molar-refractivity contribution >= 4 is 17.4 Å². The van der Waals surface area contributed by atoms with E-state index in [1.165, 1.54) is 12.1 Å². The van der Waals surface area contributed by atoms with Crippen molar-refractivity contribution in [3.8, 4) is 0 Å². The number of nitrogens with two attached hydrogens (primary N) is 1. The van der Waals surface area contributed by atoms with Gasteiger partial charge in [-0.15, -0.1) is 0 Å². The van der Waals surface area contributed by atoms with Crippen LogP contribution in [-0.4, -0.2) is 11.9 Å². The Morgan fingerprint density at radius 2 is 2.14 bits per heavy atom. The van der Waals surface area contributed by atoms with E-state index in [-0.39, 0.29) is 11.1 Å². The van der Waals surface area contributed by atoms with Gasteiger partial charge in [0.25, 0.3) is 0 Å². The van der Waals surface area contributed by atoms with Gasteiger partial charge in [-0.2, -0.15) is 0 Å². The van der Waals surface area contributed by atoms with E-state index in [1.807, 2.05) is 13.8 Å². The number of amidine groups is 1. The van der Waals surface area contributed by atoms with Gasteiger partial charge in [0.1, 0.15) is 11.7 Å². The predicted octanol–water partition coefficient (Wildman–Crippen LogP) is 2.59. The Labute approximate surface area is 87.6 Å². The maximum Gasteiger partial charge on any atom is 0.141 e. The lowest BCUT2D eigenvalue weighted by molar-refractivity contribution is 0.628. The topological polar surface area (TPSA) is 38.4 Å². The number of rotatable bonds is 2. The number of benzene rings is 1.